The maximum absolute atomic E-state index is 12.9. The Hall–Kier alpha value is -2.76. The second kappa shape index (κ2) is 7.70. The molecule has 2 heterocycles. The lowest BCUT2D eigenvalue weighted by atomic mass is 9.95. The Morgan fingerprint density at radius 2 is 1.82 bits per heavy atom. The molecular weight excluding hydrogens is 352 g/mol. The van der Waals surface area contributed by atoms with E-state index in [0.29, 0.717) is 19.1 Å². The molecule has 4 rings (SSSR count). The van der Waals surface area contributed by atoms with Gasteiger partial charge >= 0.3 is 6.03 Å². The van der Waals surface area contributed by atoms with E-state index in [4.69, 9.17) is 0 Å². The highest BCUT2D eigenvalue weighted by Crippen LogP contribution is 2.32. The molecule has 1 aromatic heterocycles. The smallest absolute Gasteiger partial charge is 0.321 e. The molecule has 0 spiro atoms. The van der Waals surface area contributed by atoms with Crippen LogP contribution in [-0.2, 0) is 0 Å². The predicted molar refractivity (Wildman–Crippen MR) is 111 cm³/mol. The zero-order chi connectivity index (χ0) is 19.7. The molecule has 3 amide bonds. The first-order chi connectivity index (χ1) is 13.5. The number of amides is 3. The Morgan fingerprint density at radius 3 is 2.46 bits per heavy atom. The molecule has 28 heavy (non-hydrogen) atoms. The Bertz CT molecular complexity index is 879. The number of aromatic nitrogens is 1. The quantitative estimate of drug-likeness (QED) is 0.826. The third-order valence-electron chi connectivity index (χ3n) is 5.96. The highest BCUT2D eigenvalue weighted by Gasteiger charge is 2.23. The van der Waals surface area contributed by atoms with Crippen molar-refractivity contribution >= 4 is 23.3 Å². The summed E-state index contributed by atoms with van der Waals surface area (Å²) in [6.45, 7) is 5.46. The third kappa shape index (κ3) is 3.51. The molecule has 0 radical (unpaired) electrons. The Morgan fingerprint density at radius 1 is 1.11 bits per heavy atom. The molecule has 0 atom stereocenters. The molecule has 2 N–H and O–H groups in total. The number of rotatable bonds is 4. The van der Waals surface area contributed by atoms with Crippen molar-refractivity contribution in [3.8, 4) is 0 Å². The molecule has 0 bridgehead atoms. The van der Waals surface area contributed by atoms with E-state index in [1.807, 2.05) is 37.3 Å². The number of nitrogens with one attached hydrogen (secondary N) is 2. The van der Waals surface area contributed by atoms with Gasteiger partial charge in [-0.1, -0.05) is 19.3 Å². The van der Waals surface area contributed by atoms with Crippen molar-refractivity contribution < 1.29 is 9.59 Å². The zero-order valence-corrected chi connectivity index (χ0v) is 16.6. The van der Waals surface area contributed by atoms with Gasteiger partial charge in [-0.25, -0.2) is 4.79 Å². The highest BCUT2D eigenvalue weighted by atomic mass is 16.2. The summed E-state index contributed by atoms with van der Waals surface area (Å²) in [5, 5.41) is 5.79. The van der Waals surface area contributed by atoms with Crippen molar-refractivity contribution in [2.24, 2.45) is 0 Å². The Kier molecular flexibility index (Phi) is 5.11. The molecule has 0 unspecified atom stereocenters. The summed E-state index contributed by atoms with van der Waals surface area (Å²) in [5.74, 6) is -0.0816. The number of aryl methyl sites for hydroxylation is 1. The Labute approximate surface area is 165 Å². The SMILES string of the molecule is Cc1cc(C(=O)Nc2ccc(N3CCNC3=O)cc2)c(C)n1C1CCCCC1. The van der Waals surface area contributed by atoms with Crippen molar-refractivity contribution in [2.75, 3.05) is 23.3 Å². The molecule has 6 heteroatoms. The maximum atomic E-state index is 12.9. The van der Waals surface area contributed by atoms with Crippen LogP contribution in [-0.4, -0.2) is 29.6 Å². The number of carbonyl (C=O) groups excluding carboxylic acids is 2. The topological polar surface area (TPSA) is 66.4 Å². The molecule has 1 saturated heterocycles. The van der Waals surface area contributed by atoms with Crippen LogP contribution in [0.1, 0.15) is 59.9 Å². The first-order valence-corrected chi connectivity index (χ1v) is 10.2. The predicted octanol–water partition coefficient (Wildman–Crippen LogP) is 4.39. The second-order valence-electron chi connectivity index (χ2n) is 7.83. The summed E-state index contributed by atoms with van der Waals surface area (Å²) in [4.78, 5) is 26.3. The van der Waals surface area contributed by atoms with Crippen molar-refractivity contribution in [1.82, 2.24) is 9.88 Å². The van der Waals surface area contributed by atoms with Gasteiger partial charge in [0.25, 0.3) is 5.91 Å². The number of urea groups is 1. The lowest BCUT2D eigenvalue weighted by molar-refractivity contribution is 0.102. The first-order valence-electron chi connectivity index (χ1n) is 10.2. The van der Waals surface area contributed by atoms with Crippen molar-refractivity contribution in [3.63, 3.8) is 0 Å². The van der Waals surface area contributed by atoms with Crippen LogP contribution in [0.5, 0.6) is 0 Å². The molecular formula is C22H28N4O2. The van der Waals surface area contributed by atoms with Crippen LogP contribution in [0.4, 0.5) is 16.2 Å². The van der Waals surface area contributed by atoms with E-state index in [-0.39, 0.29) is 11.9 Å². The number of nitrogens with zero attached hydrogens (tertiary/aromatic N) is 2. The molecule has 2 fully saturated rings. The Balaban J connectivity index is 1.48. The van der Waals surface area contributed by atoms with Gasteiger partial charge in [0.05, 0.1) is 5.56 Å². The van der Waals surface area contributed by atoms with Gasteiger partial charge in [-0.3, -0.25) is 9.69 Å². The summed E-state index contributed by atoms with van der Waals surface area (Å²) in [6, 6.07) is 9.87. The van der Waals surface area contributed by atoms with E-state index in [2.05, 4.69) is 22.1 Å². The summed E-state index contributed by atoms with van der Waals surface area (Å²) >= 11 is 0. The minimum atomic E-state index is -0.0816. The summed E-state index contributed by atoms with van der Waals surface area (Å²) in [7, 11) is 0. The van der Waals surface area contributed by atoms with Gasteiger partial charge in [-0.2, -0.15) is 0 Å². The molecule has 1 aliphatic carbocycles. The van der Waals surface area contributed by atoms with Crippen LogP contribution >= 0.6 is 0 Å². The molecule has 2 aromatic rings. The molecule has 148 valence electrons. The molecule has 1 saturated carbocycles. The van der Waals surface area contributed by atoms with E-state index in [1.54, 1.807) is 4.90 Å². The van der Waals surface area contributed by atoms with E-state index in [0.717, 1.165) is 28.3 Å². The van der Waals surface area contributed by atoms with Gasteiger partial charge in [0.1, 0.15) is 0 Å². The van der Waals surface area contributed by atoms with Crippen molar-refractivity contribution in [1.29, 1.82) is 0 Å². The van der Waals surface area contributed by atoms with Gasteiger partial charge in [-0.05, 0) is 57.0 Å². The fourth-order valence-corrected chi connectivity index (χ4v) is 4.55. The number of carbonyl (C=O) groups is 2. The normalized spacial score (nSPS) is 17.6. The number of hydrogen-bond acceptors (Lipinski definition) is 2. The van der Waals surface area contributed by atoms with Crippen molar-refractivity contribution in [3.05, 3.63) is 47.3 Å². The highest BCUT2D eigenvalue weighted by molar-refractivity contribution is 6.05. The average Bonchev–Trinajstić information content (AvgIpc) is 3.26. The van der Waals surface area contributed by atoms with Gasteiger partial charge in [0, 0.05) is 41.9 Å². The van der Waals surface area contributed by atoms with Crippen LogP contribution in [0.2, 0.25) is 0 Å². The summed E-state index contributed by atoms with van der Waals surface area (Å²) < 4.78 is 2.35. The number of benzene rings is 1. The van der Waals surface area contributed by atoms with Crippen LogP contribution in [0.15, 0.2) is 30.3 Å². The number of hydrogen-bond donors (Lipinski definition) is 2. The second-order valence-corrected chi connectivity index (χ2v) is 7.83. The van der Waals surface area contributed by atoms with Gasteiger partial charge in [0.2, 0.25) is 0 Å². The maximum Gasteiger partial charge on any atom is 0.321 e. The standard InChI is InChI=1S/C22H28N4O2/c1-15-14-20(16(2)26(15)19-6-4-3-5-7-19)21(27)24-17-8-10-18(11-9-17)25-13-12-23-22(25)28/h8-11,14,19H,3-7,12-13H2,1-2H3,(H,23,28)(H,24,27). The monoisotopic (exact) mass is 380 g/mol. The average molecular weight is 380 g/mol. The van der Waals surface area contributed by atoms with Gasteiger partial charge in [-0.15, -0.1) is 0 Å². The van der Waals surface area contributed by atoms with Crippen LogP contribution in [0, 0.1) is 13.8 Å². The van der Waals surface area contributed by atoms with Crippen LogP contribution < -0.4 is 15.5 Å². The third-order valence-corrected chi connectivity index (χ3v) is 5.96. The van der Waals surface area contributed by atoms with Crippen LogP contribution in [0.3, 0.4) is 0 Å². The van der Waals surface area contributed by atoms with E-state index < -0.39 is 0 Å². The zero-order valence-electron chi connectivity index (χ0n) is 16.6. The fraction of sp³-hybridized carbons (Fsp3) is 0.455. The lowest BCUT2D eigenvalue weighted by Gasteiger charge is -2.26. The van der Waals surface area contributed by atoms with Crippen LogP contribution in [0.25, 0.3) is 0 Å². The lowest BCUT2D eigenvalue weighted by Crippen LogP contribution is -2.27. The summed E-state index contributed by atoms with van der Waals surface area (Å²) in [6.07, 6.45) is 6.25. The fourth-order valence-electron chi connectivity index (χ4n) is 4.55. The summed E-state index contributed by atoms with van der Waals surface area (Å²) in [5.41, 5.74) is 4.52. The van der Waals surface area contributed by atoms with Gasteiger partial charge in [0.15, 0.2) is 0 Å². The molecule has 1 aliphatic heterocycles. The van der Waals surface area contributed by atoms with Crippen molar-refractivity contribution in [2.45, 2.75) is 52.0 Å². The van der Waals surface area contributed by atoms with Gasteiger partial charge < -0.3 is 15.2 Å². The van der Waals surface area contributed by atoms with E-state index in [1.165, 1.54) is 32.1 Å². The molecule has 2 aliphatic rings. The molecule has 6 nitrogen and oxygen atoms in total. The minimum Gasteiger partial charge on any atom is -0.345 e. The van der Waals surface area contributed by atoms with E-state index >= 15 is 0 Å². The largest absolute Gasteiger partial charge is 0.345 e. The van der Waals surface area contributed by atoms with E-state index in [9.17, 15) is 9.59 Å². The minimum absolute atomic E-state index is 0.0769. The first kappa shape index (κ1) is 18.6. The molecule has 1 aromatic carbocycles. The number of anilines is 2.